The Morgan fingerprint density at radius 1 is 1.36 bits per heavy atom. The largest absolute Gasteiger partial charge is 0.364 e. The summed E-state index contributed by atoms with van der Waals surface area (Å²) in [5.41, 5.74) is 6.98. The van der Waals surface area contributed by atoms with Gasteiger partial charge < -0.3 is 20.7 Å². The van der Waals surface area contributed by atoms with Gasteiger partial charge in [-0.25, -0.2) is 0 Å². The van der Waals surface area contributed by atoms with Crippen LogP contribution in [0.4, 0.5) is 11.4 Å². The van der Waals surface area contributed by atoms with Crippen LogP contribution in [0.1, 0.15) is 25.7 Å². The molecule has 1 aromatic carbocycles. The van der Waals surface area contributed by atoms with Crippen LogP contribution in [0.25, 0.3) is 0 Å². The lowest BCUT2D eigenvalue weighted by molar-refractivity contribution is -0.126. The molecule has 2 amide bonds. The third-order valence-electron chi connectivity index (χ3n) is 4.19. The van der Waals surface area contributed by atoms with Crippen molar-refractivity contribution in [2.75, 3.05) is 23.3 Å². The van der Waals surface area contributed by atoms with Gasteiger partial charge in [0.1, 0.15) is 6.10 Å². The molecule has 0 aliphatic carbocycles. The highest BCUT2D eigenvalue weighted by molar-refractivity contribution is 6.03. The number of hydrogen-bond acceptors (Lipinski definition) is 4. The number of para-hydroxylation sites is 2. The molecule has 22 heavy (non-hydrogen) atoms. The summed E-state index contributed by atoms with van der Waals surface area (Å²) in [6.45, 7) is 1.13. The summed E-state index contributed by atoms with van der Waals surface area (Å²) in [5.74, 6) is -0.0722. The SMILES string of the molecule is NC[C@H]1CC[C@@H](C(=O)Nc2ccccc2N2CCCC2=O)O1. The van der Waals surface area contributed by atoms with E-state index in [4.69, 9.17) is 10.5 Å². The number of rotatable bonds is 4. The molecule has 0 saturated carbocycles. The average molecular weight is 303 g/mol. The molecule has 6 heteroatoms. The zero-order chi connectivity index (χ0) is 15.5. The molecule has 2 heterocycles. The summed E-state index contributed by atoms with van der Waals surface area (Å²) in [6.07, 6.45) is 2.40. The normalized spacial score (nSPS) is 24.8. The van der Waals surface area contributed by atoms with Crippen molar-refractivity contribution in [3.8, 4) is 0 Å². The highest BCUT2D eigenvalue weighted by Crippen LogP contribution is 2.30. The molecule has 118 valence electrons. The molecule has 0 unspecified atom stereocenters. The molecular weight excluding hydrogens is 282 g/mol. The van der Waals surface area contributed by atoms with Gasteiger partial charge in [0.2, 0.25) is 5.91 Å². The van der Waals surface area contributed by atoms with Crippen LogP contribution in [0, 0.1) is 0 Å². The van der Waals surface area contributed by atoms with Crippen molar-refractivity contribution in [2.45, 2.75) is 37.9 Å². The zero-order valence-corrected chi connectivity index (χ0v) is 12.5. The van der Waals surface area contributed by atoms with E-state index in [1.807, 2.05) is 24.3 Å². The Labute approximate surface area is 129 Å². The summed E-state index contributed by atoms with van der Waals surface area (Å²) in [6, 6.07) is 7.39. The Morgan fingerprint density at radius 2 is 2.18 bits per heavy atom. The molecule has 0 radical (unpaired) electrons. The number of hydrogen-bond donors (Lipinski definition) is 2. The number of nitrogens with zero attached hydrogens (tertiary/aromatic N) is 1. The van der Waals surface area contributed by atoms with Crippen molar-refractivity contribution in [3.63, 3.8) is 0 Å². The molecule has 2 aliphatic rings. The fourth-order valence-corrected chi connectivity index (χ4v) is 3.00. The molecule has 2 saturated heterocycles. The van der Waals surface area contributed by atoms with Gasteiger partial charge in [-0.2, -0.15) is 0 Å². The number of carbonyl (C=O) groups is 2. The van der Waals surface area contributed by atoms with E-state index in [0.29, 0.717) is 31.6 Å². The molecule has 0 aromatic heterocycles. The number of nitrogens with two attached hydrogens (primary N) is 1. The van der Waals surface area contributed by atoms with Gasteiger partial charge in [-0.3, -0.25) is 9.59 Å². The number of benzene rings is 1. The van der Waals surface area contributed by atoms with Crippen LogP contribution in [0.2, 0.25) is 0 Å². The summed E-state index contributed by atoms with van der Waals surface area (Å²) >= 11 is 0. The smallest absolute Gasteiger partial charge is 0.253 e. The van der Waals surface area contributed by atoms with Crippen LogP contribution in [0.5, 0.6) is 0 Å². The Morgan fingerprint density at radius 3 is 2.86 bits per heavy atom. The highest BCUT2D eigenvalue weighted by Gasteiger charge is 2.31. The second-order valence-electron chi connectivity index (χ2n) is 5.72. The monoisotopic (exact) mass is 303 g/mol. The number of ether oxygens (including phenoxy) is 1. The predicted octanol–water partition coefficient (Wildman–Crippen LogP) is 1.26. The van der Waals surface area contributed by atoms with E-state index >= 15 is 0 Å². The lowest BCUT2D eigenvalue weighted by atomic mass is 10.1. The molecule has 1 aromatic rings. The number of anilines is 2. The molecule has 2 fully saturated rings. The van der Waals surface area contributed by atoms with Crippen molar-refractivity contribution in [1.29, 1.82) is 0 Å². The van der Waals surface area contributed by atoms with E-state index in [0.717, 1.165) is 18.5 Å². The first-order chi connectivity index (χ1) is 10.7. The molecule has 6 nitrogen and oxygen atoms in total. The number of amides is 2. The average Bonchev–Trinajstić information content (AvgIpc) is 3.16. The first-order valence-electron chi connectivity index (χ1n) is 7.75. The third kappa shape index (κ3) is 2.98. The molecule has 0 bridgehead atoms. The maximum absolute atomic E-state index is 12.3. The predicted molar refractivity (Wildman–Crippen MR) is 83.6 cm³/mol. The van der Waals surface area contributed by atoms with Gasteiger partial charge in [-0.05, 0) is 31.4 Å². The number of nitrogens with one attached hydrogen (secondary N) is 1. The fourth-order valence-electron chi connectivity index (χ4n) is 3.00. The summed E-state index contributed by atoms with van der Waals surface area (Å²) in [7, 11) is 0. The van der Waals surface area contributed by atoms with Crippen molar-refractivity contribution in [3.05, 3.63) is 24.3 Å². The summed E-state index contributed by atoms with van der Waals surface area (Å²) in [5, 5.41) is 2.90. The maximum Gasteiger partial charge on any atom is 0.253 e. The Balaban J connectivity index is 1.72. The van der Waals surface area contributed by atoms with E-state index in [1.54, 1.807) is 4.90 Å². The van der Waals surface area contributed by atoms with Crippen molar-refractivity contribution in [1.82, 2.24) is 0 Å². The van der Waals surface area contributed by atoms with Crippen molar-refractivity contribution >= 4 is 23.2 Å². The minimum absolute atomic E-state index is 0.0360. The highest BCUT2D eigenvalue weighted by atomic mass is 16.5. The van der Waals surface area contributed by atoms with Gasteiger partial charge in [0.05, 0.1) is 17.5 Å². The van der Waals surface area contributed by atoms with E-state index in [1.165, 1.54) is 0 Å². The van der Waals surface area contributed by atoms with Crippen LogP contribution >= 0.6 is 0 Å². The van der Waals surface area contributed by atoms with Gasteiger partial charge >= 0.3 is 0 Å². The van der Waals surface area contributed by atoms with E-state index < -0.39 is 6.10 Å². The van der Waals surface area contributed by atoms with Gasteiger partial charge in [0.25, 0.3) is 5.91 Å². The van der Waals surface area contributed by atoms with Gasteiger partial charge in [0.15, 0.2) is 0 Å². The van der Waals surface area contributed by atoms with E-state index in [-0.39, 0.29) is 17.9 Å². The molecule has 0 spiro atoms. The van der Waals surface area contributed by atoms with E-state index in [9.17, 15) is 9.59 Å². The minimum Gasteiger partial charge on any atom is -0.364 e. The molecule has 2 atom stereocenters. The van der Waals surface area contributed by atoms with Crippen molar-refractivity contribution in [2.24, 2.45) is 5.73 Å². The quantitative estimate of drug-likeness (QED) is 0.877. The first kappa shape index (κ1) is 15.0. The van der Waals surface area contributed by atoms with Gasteiger partial charge in [-0.1, -0.05) is 12.1 Å². The van der Waals surface area contributed by atoms with Crippen LogP contribution in [0.3, 0.4) is 0 Å². The fraction of sp³-hybridized carbons (Fsp3) is 0.500. The summed E-state index contributed by atoms with van der Waals surface area (Å²) in [4.78, 5) is 26.0. The Bertz CT molecular complexity index is 576. The van der Waals surface area contributed by atoms with Crippen LogP contribution in [-0.4, -0.2) is 37.1 Å². The maximum atomic E-state index is 12.3. The second kappa shape index (κ2) is 6.46. The summed E-state index contributed by atoms with van der Waals surface area (Å²) < 4.78 is 5.61. The third-order valence-corrected chi connectivity index (χ3v) is 4.19. The molecular formula is C16H21N3O3. The Kier molecular flexibility index (Phi) is 4.40. The zero-order valence-electron chi connectivity index (χ0n) is 12.5. The van der Waals surface area contributed by atoms with Gasteiger partial charge in [0, 0.05) is 19.5 Å². The number of carbonyl (C=O) groups excluding carboxylic acids is 2. The van der Waals surface area contributed by atoms with Crippen LogP contribution < -0.4 is 16.0 Å². The lowest BCUT2D eigenvalue weighted by Crippen LogP contribution is -2.31. The topological polar surface area (TPSA) is 84.7 Å². The standard InChI is InChI=1S/C16H21N3O3/c17-10-11-7-8-14(22-11)16(21)18-12-4-1-2-5-13(12)19-9-3-6-15(19)20/h1-2,4-5,11,14H,3,6-10,17H2,(H,18,21)/t11-,14+/m1/s1. The van der Waals surface area contributed by atoms with Gasteiger partial charge in [-0.15, -0.1) is 0 Å². The minimum atomic E-state index is -0.462. The molecule has 2 aliphatic heterocycles. The molecule has 3 rings (SSSR count). The van der Waals surface area contributed by atoms with Crippen LogP contribution in [0.15, 0.2) is 24.3 Å². The molecule has 3 N–H and O–H groups in total. The van der Waals surface area contributed by atoms with E-state index in [2.05, 4.69) is 5.32 Å². The van der Waals surface area contributed by atoms with Crippen molar-refractivity contribution < 1.29 is 14.3 Å². The van der Waals surface area contributed by atoms with Crippen LogP contribution in [-0.2, 0) is 14.3 Å². The first-order valence-corrected chi connectivity index (χ1v) is 7.75. The second-order valence-corrected chi connectivity index (χ2v) is 5.72. The Hall–Kier alpha value is -1.92. The lowest BCUT2D eigenvalue weighted by Gasteiger charge is -2.21.